The molecule has 0 aliphatic carbocycles. The fourth-order valence-electron chi connectivity index (χ4n) is 2.46. The Bertz CT molecular complexity index is 1000. The quantitative estimate of drug-likeness (QED) is 0.407. The molecule has 102 valence electrons. The van der Waals surface area contributed by atoms with Crippen molar-refractivity contribution in [2.24, 2.45) is 0 Å². The van der Waals surface area contributed by atoms with Crippen LogP contribution in [0.15, 0.2) is 48.5 Å². The average molecular weight is 284 g/mol. The van der Waals surface area contributed by atoms with Crippen molar-refractivity contribution in [3.63, 3.8) is 0 Å². The number of hydrogen-bond acceptors (Lipinski definition) is 6. The number of benzene rings is 2. The number of fused-ring (bicyclic) bond motifs is 4. The molecule has 0 atom stereocenters. The fraction of sp³-hybridized carbons (Fsp3) is 0. The van der Waals surface area contributed by atoms with Gasteiger partial charge in [0.1, 0.15) is 0 Å². The Kier molecular flexibility index (Phi) is 2.13. The van der Waals surface area contributed by atoms with Crippen LogP contribution in [0.3, 0.4) is 0 Å². The van der Waals surface area contributed by atoms with Crippen molar-refractivity contribution in [3.8, 4) is 0 Å². The lowest BCUT2D eigenvalue weighted by Gasteiger charge is -2.02. The Morgan fingerprint density at radius 1 is 0.364 bits per heavy atom. The van der Waals surface area contributed by atoms with Crippen LogP contribution in [0.4, 0.5) is 0 Å². The van der Waals surface area contributed by atoms with Gasteiger partial charge in [0.2, 0.25) is 22.6 Å². The minimum Gasteiger partial charge on any atom is -0.224 e. The molecule has 0 unspecified atom stereocenters. The smallest absolute Gasteiger partial charge is 0.200 e. The molecule has 22 heavy (non-hydrogen) atoms. The predicted molar refractivity (Wildman–Crippen MR) is 83.2 cm³/mol. The summed E-state index contributed by atoms with van der Waals surface area (Å²) in [5, 5.41) is 0. The van der Waals surface area contributed by atoms with Crippen molar-refractivity contribution in [2.45, 2.75) is 0 Å². The Balaban J connectivity index is 1.93. The molecule has 0 bridgehead atoms. The molecule has 0 amide bonds. The van der Waals surface area contributed by atoms with E-state index in [1.54, 1.807) is 0 Å². The summed E-state index contributed by atoms with van der Waals surface area (Å²) in [4.78, 5) is 27.0. The van der Waals surface area contributed by atoms with Crippen molar-refractivity contribution in [2.75, 3.05) is 0 Å². The van der Waals surface area contributed by atoms with Crippen LogP contribution in [0.2, 0.25) is 0 Å². The molecular formula is C16H8N6. The Labute approximate surface area is 123 Å². The summed E-state index contributed by atoms with van der Waals surface area (Å²) in [6.45, 7) is 0. The van der Waals surface area contributed by atoms with Gasteiger partial charge in [-0.2, -0.15) is 0 Å². The summed E-state index contributed by atoms with van der Waals surface area (Å²) in [6, 6.07) is 15.3. The van der Waals surface area contributed by atoms with Crippen LogP contribution < -0.4 is 0 Å². The monoisotopic (exact) mass is 284 g/mol. The lowest BCUT2D eigenvalue weighted by molar-refractivity contribution is 1.20. The molecule has 3 aromatic heterocycles. The maximum atomic E-state index is 4.50. The zero-order valence-corrected chi connectivity index (χ0v) is 11.3. The van der Waals surface area contributed by atoms with Gasteiger partial charge in [-0.25, -0.2) is 29.9 Å². The minimum atomic E-state index is 0.482. The van der Waals surface area contributed by atoms with E-state index < -0.39 is 0 Å². The summed E-state index contributed by atoms with van der Waals surface area (Å²) in [5.41, 5.74) is 5.09. The van der Waals surface area contributed by atoms with Crippen LogP contribution >= 0.6 is 0 Å². The topological polar surface area (TPSA) is 77.3 Å². The molecule has 0 radical (unpaired) electrons. The van der Waals surface area contributed by atoms with Crippen LogP contribution in [0, 0.1) is 0 Å². The molecule has 0 N–H and O–H groups in total. The molecule has 0 aliphatic rings. The van der Waals surface area contributed by atoms with E-state index in [1.807, 2.05) is 48.5 Å². The maximum absolute atomic E-state index is 4.50. The van der Waals surface area contributed by atoms with Gasteiger partial charge >= 0.3 is 0 Å². The van der Waals surface area contributed by atoms with E-state index in [9.17, 15) is 0 Å². The van der Waals surface area contributed by atoms with Crippen LogP contribution in [0.25, 0.3) is 44.7 Å². The number of para-hydroxylation sites is 4. The zero-order valence-electron chi connectivity index (χ0n) is 11.3. The molecule has 6 heteroatoms. The number of nitrogens with zero attached hydrogens (tertiary/aromatic N) is 6. The Morgan fingerprint density at radius 3 is 0.909 bits per heavy atom. The Morgan fingerprint density at radius 2 is 0.636 bits per heavy atom. The van der Waals surface area contributed by atoms with Gasteiger partial charge < -0.3 is 0 Å². The molecule has 0 saturated heterocycles. The van der Waals surface area contributed by atoms with Gasteiger partial charge in [-0.05, 0) is 24.3 Å². The normalized spacial score (nSPS) is 11.6. The lowest BCUT2D eigenvalue weighted by Crippen LogP contribution is -1.98. The molecule has 5 rings (SSSR count). The molecule has 6 nitrogen and oxygen atoms in total. The number of hydrogen-bond donors (Lipinski definition) is 0. The highest BCUT2D eigenvalue weighted by atomic mass is 15.1. The van der Waals surface area contributed by atoms with Gasteiger partial charge in [-0.1, -0.05) is 24.3 Å². The Hall–Kier alpha value is -3.28. The number of rotatable bonds is 0. The zero-order chi connectivity index (χ0) is 14.5. The predicted octanol–water partition coefficient (Wildman–Crippen LogP) is 2.67. The van der Waals surface area contributed by atoms with Crippen LogP contribution in [-0.4, -0.2) is 29.9 Å². The third-order valence-electron chi connectivity index (χ3n) is 3.49. The van der Waals surface area contributed by atoms with E-state index in [-0.39, 0.29) is 0 Å². The first-order valence-electron chi connectivity index (χ1n) is 6.84. The fourth-order valence-corrected chi connectivity index (χ4v) is 2.46. The minimum absolute atomic E-state index is 0.482. The molecule has 5 aromatic rings. The molecule has 0 spiro atoms. The van der Waals surface area contributed by atoms with Gasteiger partial charge in [-0.3, -0.25) is 0 Å². The van der Waals surface area contributed by atoms with Crippen LogP contribution in [0.1, 0.15) is 0 Å². The van der Waals surface area contributed by atoms with E-state index in [2.05, 4.69) is 29.9 Å². The van der Waals surface area contributed by atoms with E-state index >= 15 is 0 Å². The van der Waals surface area contributed by atoms with E-state index in [4.69, 9.17) is 0 Å². The van der Waals surface area contributed by atoms with Gasteiger partial charge in [0, 0.05) is 0 Å². The summed E-state index contributed by atoms with van der Waals surface area (Å²) in [7, 11) is 0. The molecule has 2 aromatic carbocycles. The van der Waals surface area contributed by atoms with Gasteiger partial charge in [-0.15, -0.1) is 0 Å². The first-order valence-corrected chi connectivity index (χ1v) is 6.84. The summed E-state index contributed by atoms with van der Waals surface area (Å²) in [6.07, 6.45) is 0. The third-order valence-corrected chi connectivity index (χ3v) is 3.49. The lowest BCUT2D eigenvalue weighted by atomic mass is 10.3. The van der Waals surface area contributed by atoms with Gasteiger partial charge in [0.25, 0.3) is 0 Å². The summed E-state index contributed by atoms with van der Waals surface area (Å²) in [5.74, 6) is 0. The average Bonchev–Trinajstić information content (AvgIpc) is 2.56. The standard InChI is InChI=1S/C16H8N6/c1-2-6-10-9(5-1)17-13-14(18-10)22-16-15(21-13)19-11-7-3-4-8-12(11)20-16/h1-8H. The van der Waals surface area contributed by atoms with Crippen LogP contribution in [0.5, 0.6) is 0 Å². The number of aromatic nitrogens is 6. The van der Waals surface area contributed by atoms with Crippen LogP contribution in [-0.2, 0) is 0 Å². The van der Waals surface area contributed by atoms with Gasteiger partial charge in [0.05, 0.1) is 22.1 Å². The van der Waals surface area contributed by atoms with Gasteiger partial charge in [0.15, 0.2) is 0 Å². The highest BCUT2D eigenvalue weighted by molar-refractivity contribution is 5.88. The third kappa shape index (κ3) is 1.61. The molecule has 0 saturated carbocycles. The second-order valence-electron chi connectivity index (χ2n) is 4.94. The highest BCUT2D eigenvalue weighted by Crippen LogP contribution is 2.17. The largest absolute Gasteiger partial charge is 0.224 e. The summed E-state index contributed by atoms with van der Waals surface area (Å²) >= 11 is 0. The van der Waals surface area contributed by atoms with Crippen molar-refractivity contribution in [3.05, 3.63) is 48.5 Å². The summed E-state index contributed by atoms with van der Waals surface area (Å²) < 4.78 is 0. The van der Waals surface area contributed by atoms with Crippen molar-refractivity contribution in [1.29, 1.82) is 0 Å². The van der Waals surface area contributed by atoms with Crippen molar-refractivity contribution in [1.82, 2.24) is 29.9 Å². The maximum Gasteiger partial charge on any atom is 0.200 e. The molecule has 0 aliphatic heterocycles. The first kappa shape index (κ1) is 11.4. The molecular weight excluding hydrogens is 276 g/mol. The van der Waals surface area contributed by atoms with E-state index in [0.29, 0.717) is 22.6 Å². The van der Waals surface area contributed by atoms with E-state index in [0.717, 1.165) is 22.1 Å². The SMILES string of the molecule is c1ccc2nc3nc4nc5ccccc5nc4nc3nc2c1. The highest BCUT2D eigenvalue weighted by Gasteiger charge is 2.09. The van der Waals surface area contributed by atoms with Crippen molar-refractivity contribution < 1.29 is 0 Å². The molecule has 3 heterocycles. The van der Waals surface area contributed by atoms with E-state index in [1.165, 1.54) is 0 Å². The molecule has 0 fully saturated rings. The first-order chi connectivity index (χ1) is 10.9. The van der Waals surface area contributed by atoms with Crippen molar-refractivity contribution >= 4 is 44.7 Å². The second kappa shape index (κ2) is 4.11. The second-order valence-corrected chi connectivity index (χ2v) is 4.94.